The minimum absolute atomic E-state index is 0.164. The van der Waals surface area contributed by atoms with Crippen molar-refractivity contribution in [3.8, 4) is 11.5 Å². The largest absolute Gasteiger partial charge is 0.508 e. The first-order valence-corrected chi connectivity index (χ1v) is 6.91. The topological polar surface area (TPSA) is 58.7 Å². The molecule has 1 aliphatic rings. The molecule has 3 atom stereocenters. The van der Waals surface area contributed by atoms with E-state index in [0.717, 1.165) is 30.7 Å². The van der Waals surface area contributed by atoms with Gasteiger partial charge in [-0.3, -0.25) is 4.90 Å². The molecule has 1 saturated heterocycles. The van der Waals surface area contributed by atoms with E-state index < -0.39 is 0 Å². The highest BCUT2D eigenvalue weighted by molar-refractivity contribution is 5.41. The highest BCUT2D eigenvalue weighted by Crippen LogP contribution is 2.34. The Morgan fingerprint density at radius 2 is 2.21 bits per heavy atom. The lowest BCUT2D eigenvalue weighted by Crippen LogP contribution is -2.46. The second-order valence-electron chi connectivity index (χ2n) is 5.47. The van der Waals surface area contributed by atoms with Gasteiger partial charge in [0.1, 0.15) is 11.5 Å². The maximum Gasteiger partial charge on any atom is 0.120 e. The zero-order valence-electron chi connectivity index (χ0n) is 12.0. The quantitative estimate of drug-likeness (QED) is 0.879. The van der Waals surface area contributed by atoms with Gasteiger partial charge >= 0.3 is 0 Å². The molecule has 106 valence electrons. The number of ether oxygens (including phenoxy) is 1. The molecule has 0 amide bonds. The lowest BCUT2D eigenvalue weighted by molar-refractivity contribution is 0.103. The fourth-order valence-corrected chi connectivity index (χ4v) is 2.97. The van der Waals surface area contributed by atoms with E-state index in [4.69, 9.17) is 10.5 Å². The monoisotopic (exact) mass is 264 g/mol. The van der Waals surface area contributed by atoms with Crippen molar-refractivity contribution in [2.45, 2.75) is 44.8 Å². The second-order valence-corrected chi connectivity index (χ2v) is 5.47. The molecule has 0 radical (unpaired) electrons. The number of likely N-dealkylation sites (tertiary alicyclic amines) is 1. The number of aromatic hydroxyl groups is 1. The average molecular weight is 264 g/mol. The maximum atomic E-state index is 10.1. The molecule has 0 saturated carbocycles. The second kappa shape index (κ2) is 5.80. The van der Waals surface area contributed by atoms with Crippen molar-refractivity contribution in [3.05, 3.63) is 23.8 Å². The van der Waals surface area contributed by atoms with E-state index >= 15 is 0 Å². The Bertz CT molecular complexity index is 436. The number of benzene rings is 1. The van der Waals surface area contributed by atoms with E-state index in [1.54, 1.807) is 19.2 Å². The molecule has 0 aromatic heterocycles. The SMILES string of the molecule is COc1ccc(O)c(C(C)N2CCC(N)CC2C)c1. The van der Waals surface area contributed by atoms with Gasteiger partial charge < -0.3 is 15.6 Å². The molecule has 4 nitrogen and oxygen atoms in total. The number of rotatable bonds is 3. The van der Waals surface area contributed by atoms with Crippen LogP contribution in [0.15, 0.2) is 18.2 Å². The number of piperidine rings is 1. The summed E-state index contributed by atoms with van der Waals surface area (Å²) in [6.45, 7) is 5.30. The van der Waals surface area contributed by atoms with Crippen LogP contribution in [0.5, 0.6) is 11.5 Å². The van der Waals surface area contributed by atoms with E-state index in [9.17, 15) is 5.11 Å². The zero-order valence-corrected chi connectivity index (χ0v) is 12.0. The lowest BCUT2D eigenvalue weighted by Gasteiger charge is -2.40. The van der Waals surface area contributed by atoms with Crippen molar-refractivity contribution >= 4 is 0 Å². The molecule has 1 heterocycles. The average Bonchev–Trinajstić information content (AvgIpc) is 2.38. The van der Waals surface area contributed by atoms with Gasteiger partial charge in [-0.1, -0.05) is 0 Å². The number of hydrogen-bond acceptors (Lipinski definition) is 4. The first-order chi connectivity index (χ1) is 9.02. The highest BCUT2D eigenvalue weighted by Gasteiger charge is 2.28. The Morgan fingerprint density at radius 1 is 1.47 bits per heavy atom. The number of methoxy groups -OCH3 is 1. The fraction of sp³-hybridized carbons (Fsp3) is 0.600. The van der Waals surface area contributed by atoms with Crippen molar-refractivity contribution in [1.82, 2.24) is 4.90 Å². The van der Waals surface area contributed by atoms with Crippen LogP contribution in [0.4, 0.5) is 0 Å². The van der Waals surface area contributed by atoms with Gasteiger partial charge in [0.05, 0.1) is 7.11 Å². The molecule has 1 aliphatic heterocycles. The highest BCUT2D eigenvalue weighted by atomic mass is 16.5. The Labute approximate surface area is 115 Å². The first-order valence-electron chi connectivity index (χ1n) is 6.91. The molecule has 0 aliphatic carbocycles. The van der Waals surface area contributed by atoms with Gasteiger partial charge in [0.2, 0.25) is 0 Å². The standard InChI is InChI=1S/C15H24N2O2/c1-10-8-12(16)6-7-17(10)11(2)14-9-13(19-3)4-5-15(14)18/h4-5,9-12,18H,6-8,16H2,1-3H3. The van der Waals surface area contributed by atoms with Crippen molar-refractivity contribution in [2.75, 3.05) is 13.7 Å². The summed E-state index contributed by atoms with van der Waals surface area (Å²) in [4.78, 5) is 2.40. The minimum atomic E-state index is 0.164. The number of phenols is 1. The summed E-state index contributed by atoms with van der Waals surface area (Å²) >= 11 is 0. The third kappa shape index (κ3) is 3.01. The first kappa shape index (κ1) is 14.2. The van der Waals surface area contributed by atoms with Crippen LogP contribution in [-0.4, -0.2) is 35.7 Å². The molecule has 1 fully saturated rings. The van der Waals surface area contributed by atoms with Gasteiger partial charge in [0.25, 0.3) is 0 Å². The van der Waals surface area contributed by atoms with Crippen molar-refractivity contribution in [1.29, 1.82) is 0 Å². The molecule has 3 unspecified atom stereocenters. The molecule has 1 aromatic rings. The predicted molar refractivity (Wildman–Crippen MR) is 76.5 cm³/mol. The van der Waals surface area contributed by atoms with Gasteiger partial charge in [-0.15, -0.1) is 0 Å². The summed E-state index contributed by atoms with van der Waals surface area (Å²) in [7, 11) is 1.64. The van der Waals surface area contributed by atoms with Crippen LogP contribution in [-0.2, 0) is 0 Å². The van der Waals surface area contributed by atoms with Gasteiger partial charge in [-0.2, -0.15) is 0 Å². The van der Waals surface area contributed by atoms with Crippen molar-refractivity contribution in [2.24, 2.45) is 5.73 Å². The van der Waals surface area contributed by atoms with Crippen LogP contribution >= 0.6 is 0 Å². The zero-order chi connectivity index (χ0) is 14.0. The summed E-state index contributed by atoms with van der Waals surface area (Å²) in [6, 6.07) is 6.30. The van der Waals surface area contributed by atoms with Crippen LogP contribution < -0.4 is 10.5 Å². The molecular weight excluding hydrogens is 240 g/mol. The van der Waals surface area contributed by atoms with E-state index in [0.29, 0.717) is 17.8 Å². The third-order valence-corrected chi connectivity index (χ3v) is 4.15. The molecule has 4 heteroatoms. The van der Waals surface area contributed by atoms with Crippen LogP contribution in [0.3, 0.4) is 0 Å². The van der Waals surface area contributed by atoms with Crippen molar-refractivity contribution in [3.63, 3.8) is 0 Å². The molecule has 0 spiro atoms. The normalized spacial score (nSPS) is 26.1. The summed E-state index contributed by atoms with van der Waals surface area (Å²) in [5, 5.41) is 10.1. The number of phenolic OH excluding ortho intramolecular Hbond substituents is 1. The molecular formula is C15H24N2O2. The Kier molecular flexibility index (Phi) is 4.32. The fourth-order valence-electron chi connectivity index (χ4n) is 2.97. The molecule has 2 rings (SSSR count). The smallest absolute Gasteiger partial charge is 0.120 e. The number of hydrogen-bond donors (Lipinski definition) is 2. The Morgan fingerprint density at radius 3 is 2.84 bits per heavy atom. The summed E-state index contributed by atoms with van der Waals surface area (Å²) in [5.41, 5.74) is 6.92. The van der Waals surface area contributed by atoms with E-state index in [1.807, 2.05) is 6.07 Å². The van der Waals surface area contributed by atoms with E-state index in [2.05, 4.69) is 18.7 Å². The van der Waals surface area contributed by atoms with Crippen molar-refractivity contribution < 1.29 is 9.84 Å². The number of nitrogens with two attached hydrogens (primary N) is 1. The molecule has 19 heavy (non-hydrogen) atoms. The maximum absolute atomic E-state index is 10.1. The summed E-state index contributed by atoms with van der Waals surface area (Å²) in [6.07, 6.45) is 2.02. The third-order valence-electron chi connectivity index (χ3n) is 4.15. The summed E-state index contributed by atoms with van der Waals surface area (Å²) < 4.78 is 5.24. The van der Waals surface area contributed by atoms with Gasteiger partial charge in [0, 0.05) is 30.2 Å². The number of nitrogens with zero attached hydrogens (tertiary/aromatic N) is 1. The molecule has 3 N–H and O–H groups in total. The predicted octanol–water partition coefficient (Wildman–Crippen LogP) is 2.27. The molecule has 0 bridgehead atoms. The van der Waals surface area contributed by atoms with Crippen LogP contribution in [0.1, 0.15) is 38.3 Å². The van der Waals surface area contributed by atoms with Gasteiger partial charge in [-0.25, -0.2) is 0 Å². The van der Waals surface area contributed by atoms with Gasteiger partial charge in [-0.05, 0) is 44.9 Å². The van der Waals surface area contributed by atoms with E-state index in [1.165, 1.54) is 0 Å². The van der Waals surface area contributed by atoms with E-state index in [-0.39, 0.29) is 6.04 Å². The van der Waals surface area contributed by atoms with Crippen LogP contribution in [0.2, 0.25) is 0 Å². The lowest BCUT2D eigenvalue weighted by atomic mass is 9.95. The molecule has 1 aromatic carbocycles. The van der Waals surface area contributed by atoms with Crippen LogP contribution in [0, 0.1) is 0 Å². The summed E-state index contributed by atoms with van der Waals surface area (Å²) in [5.74, 6) is 1.11. The van der Waals surface area contributed by atoms with Gasteiger partial charge in [0.15, 0.2) is 0 Å². The minimum Gasteiger partial charge on any atom is -0.508 e. The Balaban J connectivity index is 2.21. The Hall–Kier alpha value is -1.26. The van der Waals surface area contributed by atoms with Crippen LogP contribution in [0.25, 0.3) is 0 Å².